The average molecular weight is 429 g/mol. The van der Waals surface area contributed by atoms with E-state index in [0.29, 0.717) is 24.5 Å². The summed E-state index contributed by atoms with van der Waals surface area (Å²) in [7, 11) is 1.54. The standard InChI is InChI=1S/C23H23N7O2/c1-29(24)23(31)17-5-3-2-4-15(17)18-14-20(30-10-12-32-13-11-30)27-21-16(18)6-8-25-22(21)19-7-9-26-28-19/h2-9,14H,10-13,24H2,1H3,(H,26,28). The lowest BCUT2D eigenvalue weighted by molar-refractivity contribution is 0.0796. The van der Waals surface area contributed by atoms with Gasteiger partial charge in [-0.2, -0.15) is 5.10 Å². The highest BCUT2D eigenvalue weighted by molar-refractivity contribution is 6.07. The number of hydrazine groups is 1. The van der Waals surface area contributed by atoms with Crippen LogP contribution in [-0.2, 0) is 4.74 Å². The summed E-state index contributed by atoms with van der Waals surface area (Å²) in [6, 6.07) is 13.3. The van der Waals surface area contributed by atoms with Gasteiger partial charge in [-0.1, -0.05) is 18.2 Å². The molecule has 1 aliphatic rings. The van der Waals surface area contributed by atoms with Crippen molar-refractivity contribution in [3.8, 4) is 22.5 Å². The molecule has 0 unspecified atom stereocenters. The number of rotatable bonds is 4. The molecule has 4 heterocycles. The van der Waals surface area contributed by atoms with Gasteiger partial charge in [0.15, 0.2) is 0 Å². The number of hydrogen-bond donors (Lipinski definition) is 2. The van der Waals surface area contributed by atoms with E-state index in [2.05, 4.69) is 20.1 Å². The van der Waals surface area contributed by atoms with Crippen LogP contribution < -0.4 is 10.7 Å². The zero-order valence-corrected chi connectivity index (χ0v) is 17.7. The molecule has 3 aromatic heterocycles. The normalized spacial score (nSPS) is 14.0. The first kappa shape index (κ1) is 20.1. The van der Waals surface area contributed by atoms with E-state index in [0.717, 1.165) is 51.6 Å². The summed E-state index contributed by atoms with van der Waals surface area (Å²) in [5.74, 6) is 6.34. The second-order valence-electron chi connectivity index (χ2n) is 7.62. The second-order valence-corrected chi connectivity index (χ2v) is 7.62. The largest absolute Gasteiger partial charge is 0.378 e. The van der Waals surface area contributed by atoms with Gasteiger partial charge in [-0.05, 0) is 35.4 Å². The average Bonchev–Trinajstić information content (AvgIpc) is 3.38. The van der Waals surface area contributed by atoms with Gasteiger partial charge in [0.2, 0.25) is 0 Å². The number of H-pyrrole nitrogens is 1. The lowest BCUT2D eigenvalue weighted by atomic mass is 9.95. The van der Waals surface area contributed by atoms with E-state index in [-0.39, 0.29) is 5.91 Å². The zero-order chi connectivity index (χ0) is 22.1. The number of hydrogen-bond acceptors (Lipinski definition) is 7. The van der Waals surface area contributed by atoms with Crippen LogP contribution in [0.5, 0.6) is 0 Å². The van der Waals surface area contributed by atoms with Gasteiger partial charge < -0.3 is 9.64 Å². The molecule has 5 rings (SSSR count). The number of aromatic amines is 1. The van der Waals surface area contributed by atoms with Crippen molar-refractivity contribution in [1.29, 1.82) is 0 Å². The van der Waals surface area contributed by atoms with Crippen molar-refractivity contribution in [3.63, 3.8) is 0 Å². The van der Waals surface area contributed by atoms with Crippen molar-refractivity contribution in [3.05, 3.63) is 60.4 Å². The number of morpholine rings is 1. The Morgan fingerprint density at radius 3 is 2.69 bits per heavy atom. The number of fused-ring (bicyclic) bond motifs is 1. The first-order chi connectivity index (χ1) is 15.6. The highest BCUT2D eigenvalue weighted by atomic mass is 16.5. The summed E-state index contributed by atoms with van der Waals surface area (Å²) in [4.78, 5) is 24.6. The molecule has 0 saturated carbocycles. The van der Waals surface area contributed by atoms with Crippen LogP contribution in [0.3, 0.4) is 0 Å². The number of aromatic nitrogens is 4. The summed E-state index contributed by atoms with van der Waals surface area (Å²) in [5.41, 5.74) is 4.43. The van der Waals surface area contributed by atoms with E-state index in [1.54, 1.807) is 25.5 Å². The number of carbonyl (C=O) groups is 1. The Kier molecular flexibility index (Phi) is 5.26. The lowest BCUT2D eigenvalue weighted by Crippen LogP contribution is -2.36. The molecule has 32 heavy (non-hydrogen) atoms. The Morgan fingerprint density at radius 2 is 1.94 bits per heavy atom. The van der Waals surface area contributed by atoms with Crippen LogP contribution in [-0.4, -0.2) is 64.4 Å². The molecule has 1 fully saturated rings. The van der Waals surface area contributed by atoms with Crippen LogP contribution in [0.15, 0.2) is 54.9 Å². The molecule has 1 aromatic carbocycles. The monoisotopic (exact) mass is 429 g/mol. The Morgan fingerprint density at radius 1 is 1.12 bits per heavy atom. The Balaban J connectivity index is 1.79. The van der Waals surface area contributed by atoms with Crippen molar-refractivity contribution < 1.29 is 9.53 Å². The fraction of sp³-hybridized carbons (Fsp3) is 0.217. The molecule has 0 bridgehead atoms. The minimum absolute atomic E-state index is 0.263. The van der Waals surface area contributed by atoms with Crippen molar-refractivity contribution in [1.82, 2.24) is 25.2 Å². The minimum Gasteiger partial charge on any atom is -0.378 e. The molecule has 1 aliphatic heterocycles. The Labute approximate surface area is 184 Å². The van der Waals surface area contributed by atoms with Gasteiger partial charge in [-0.15, -0.1) is 0 Å². The van der Waals surface area contributed by atoms with Crippen LogP contribution in [0, 0.1) is 0 Å². The van der Waals surface area contributed by atoms with Gasteiger partial charge in [-0.25, -0.2) is 10.8 Å². The number of nitrogens with zero attached hydrogens (tertiary/aromatic N) is 5. The van der Waals surface area contributed by atoms with Crippen LogP contribution in [0.4, 0.5) is 5.82 Å². The number of nitrogens with two attached hydrogens (primary N) is 1. The van der Waals surface area contributed by atoms with Crippen LogP contribution in [0.25, 0.3) is 33.4 Å². The zero-order valence-electron chi connectivity index (χ0n) is 17.7. The molecule has 0 spiro atoms. The van der Waals surface area contributed by atoms with Crippen LogP contribution in [0.1, 0.15) is 10.4 Å². The third kappa shape index (κ3) is 3.57. The smallest absolute Gasteiger partial charge is 0.268 e. The SMILES string of the molecule is CN(N)C(=O)c1ccccc1-c1cc(N2CCOCC2)nc2c(-c3ccn[nH]3)nccc12. The maximum Gasteiger partial charge on any atom is 0.268 e. The quantitative estimate of drug-likeness (QED) is 0.291. The van der Waals surface area contributed by atoms with Gasteiger partial charge >= 0.3 is 0 Å². The Bertz CT molecular complexity index is 1260. The summed E-state index contributed by atoms with van der Waals surface area (Å²) in [6.07, 6.45) is 3.44. The maximum atomic E-state index is 12.8. The summed E-state index contributed by atoms with van der Waals surface area (Å²) < 4.78 is 5.52. The van der Waals surface area contributed by atoms with Gasteiger partial charge in [0.25, 0.3) is 5.91 Å². The molecule has 9 nitrogen and oxygen atoms in total. The predicted octanol–water partition coefficient (Wildman–Crippen LogP) is 2.47. The van der Waals surface area contributed by atoms with Gasteiger partial charge in [-0.3, -0.25) is 19.9 Å². The first-order valence-electron chi connectivity index (χ1n) is 10.4. The van der Waals surface area contributed by atoms with E-state index in [1.807, 2.05) is 36.4 Å². The molecule has 0 atom stereocenters. The van der Waals surface area contributed by atoms with E-state index in [9.17, 15) is 4.79 Å². The molecule has 0 aliphatic carbocycles. The fourth-order valence-electron chi connectivity index (χ4n) is 3.99. The van der Waals surface area contributed by atoms with E-state index in [1.165, 1.54) is 0 Å². The van der Waals surface area contributed by atoms with E-state index >= 15 is 0 Å². The van der Waals surface area contributed by atoms with E-state index < -0.39 is 0 Å². The molecule has 0 radical (unpaired) electrons. The van der Waals surface area contributed by atoms with Crippen molar-refractivity contribution in [2.75, 3.05) is 38.3 Å². The number of amides is 1. The predicted molar refractivity (Wildman–Crippen MR) is 122 cm³/mol. The molecule has 1 saturated heterocycles. The van der Waals surface area contributed by atoms with Crippen molar-refractivity contribution in [2.24, 2.45) is 5.84 Å². The highest BCUT2D eigenvalue weighted by Crippen LogP contribution is 2.36. The summed E-state index contributed by atoms with van der Waals surface area (Å²) in [6.45, 7) is 2.76. The highest BCUT2D eigenvalue weighted by Gasteiger charge is 2.21. The summed E-state index contributed by atoms with van der Waals surface area (Å²) in [5, 5.41) is 9.05. The molecule has 9 heteroatoms. The molecule has 1 amide bonds. The number of nitrogens with one attached hydrogen (secondary N) is 1. The van der Waals surface area contributed by atoms with Gasteiger partial charge in [0, 0.05) is 43.5 Å². The minimum atomic E-state index is -0.263. The molecular formula is C23H23N7O2. The number of benzene rings is 1. The second kappa shape index (κ2) is 8.37. The molecular weight excluding hydrogens is 406 g/mol. The molecule has 162 valence electrons. The number of pyridine rings is 2. The first-order valence-corrected chi connectivity index (χ1v) is 10.4. The Hall–Kier alpha value is -3.82. The third-order valence-corrected chi connectivity index (χ3v) is 5.57. The summed E-state index contributed by atoms with van der Waals surface area (Å²) >= 11 is 0. The van der Waals surface area contributed by atoms with Gasteiger partial charge in [0.05, 0.1) is 18.9 Å². The lowest BCUT2D eigenvalue weighted by Gasteiger charge is -2.29. The van der Waals surface area contributed by atoms with Crippen LogP contribution >= 0.6 is 0 Å². The van der Waals surface area contributed by atoms with Crippen molar-refractivity contribution >= 4 is 22.6 Å². The number of anilines is 1. The number of ether oxygens (including phenoxy) is 1. The van der Waals surface area contributed by atoms with Crippen molar-refractivity contribution in [2.45, 2.75) is 0 Å². The fourth-order valence-corrected chi connectivity index (χ4v) is 3.99. The third-order valence-electron chi connectivity index (χ3n) is 5.57. The topological polar surface area (TPSA) is 113 Å². The van der Waals surface area contributed by atoms with E-state index in [4.69, 9.17) is 15.6 Å². The molecule has 4 aromatic rings. The maximum absolute atomic E-state index is 12.8. The van der Waals surface area contributed by atoms with Gasteiger partial charge in [0.1, 0.15) is 17.0 Å². The van der Waals surface area contributed by atoms with Crippen LogP contribution in [0.2, 0.25) is 0 Å². The molecule has 3 N–H and O–H groups in total. The number of carbonyl (C=O) groups excluding carboxylic acids is 1.